The van der Waals surface area contributed by atoms with Gasteiger partial charge in [-0.25, -0.2) is 18.6 Å². The van der Waals surface area contributed by atoms with Crippen LogP contribution in [-0.2, 0) is 6.67 Å². The van der Waals surface area contributed by atoms with Gasteiger partial charge in [0, 0.05) is 16.1 Å². The van der Waals surface area contributed by atoms with E-state index >= 15 is 0 Å². The van der Waals surface area contributed by atoms with E-state index in [9.17, 15) is 13.6 Å². The Labute approximate surface area is 133 Å². The van der Waals surface area contributed by atoms with E-state index in [2.05, 4.69) is 9.72 Å². The molecule has 0 spiro atoms. The van der Waals surface area contributed by atoms with Crippen LogP contribution < -0.4 is 10.5 Å². The summed E-state index contributed by atoms with van der Waals surface area (Å²) >= 11 is 11.5. The summed E-state index contributed by atoms with van der Waals surface area (Å²) in [6.45, 7) is -1.11. The number of alkyl halides is 1. The third-order valence-electron chi connectivity index (χ3n) is 2.74. The topological polar surface area (TPSA) is 85.4 Å². The van der Waals surface area contributed by atoms with Crippen molar-refractivity contribution >= 4 is 35.0 Å². The van der Waals surface area contributed by atoms with Crippen molar-refractivity contribution in [2.75, 3.05) is 5.73 Å². The third kappa shape index (κ3) is 3.05. The van der Waals surface area contributed by atoms with Gasteiger partial charge in [0.25, 0.3) is 0 Å². The number of ether oxygens (including phenoxy) is 1. The largest absolute Gasteiger partial charge is 0.512 e. The number of anilines is 1. The van der Waals surface area contributed by atoms with E-state index in [1.807, 2.05) is 0 Å². The number of carbonyl (C=O) groups is 1. The van der Waals surface area contributed by atoms with Crippen LogP contribution in [0.3, 0.4) is 0 Å². The second-order valence-electron chi connectivity index (χ2n) is 4.10. The summed E-state index contributed by atoms with van der Waals surface area (Å²) in [6.07, 6.45) is -1.66. The van der Waals surface area contributed by atoms with Gasteiger partial charge in [0.15, 0.2) is 0 Å². The van der Waals surface area contributed by atoms with Crippen LogP contribution in [0.1, 0.15) is 5.56 Å². The summed E-state index contributed by atoms with van der Waals surface area (Å²) < 4.78 is 31.5. The minimum Gasteiger partial charge on any atom is -0.449 e. The molecular weight excluding hydrogens is 341 g/mol. The molecule has 2 rings (SSSR count). The predicted molar refractivity (Wildman–Crippen MR) is 77.5 cm³/mol. The van der Waals surface area contributed by atoms with Crippen LogP contribution in [0.4, 0.5) is 19.3 Å². The maximum Gasteiger partial charge on any atom is 0.512 e. The van der Waals surface area contributed by atoms with Crippen molar-refractivity contribution in [2.24, 2.45) is 0 Å². The Balaban J connectivity index is 2.63. The predicted octanol–water partition coefficient (Wildman–Crippen LogP) is 4.30. The zero-order valence-corrected chi connectivity index (χ0v) is 12.3. The molecule has 0 saturated heterocycles. The minimum atomic E-state index is -1.66. The van der Waals surface area contributed by atoms with E-state index in [1.54, 1.807) is 0 Å². The molecule has 3 N–H and O–H groups in total. The Morgan fingerprint density at radius 2 is 2.09 bits per heavy atom. The minimum absolute atomic E-state index is 0.0676. The number of aromatic nitrogens is 1. The summed E-state index contributed by atoms with van der Waals surface area (Å²) in [7, 11) is 0. The second-order valence-corrected chi connectivity index (χ2v) is 4.89. The lowest BCUT2D eigenvalue weighted by atomic mass is 10.1. The number of carboxylic acid groups (broad SMARTS) is 1. The second kappa shape index (κ2) is 6.33. The first-order chi connectivity index (χ1) is 10.3. The summed E-state index contributed by atoms with van der Waals surface area (Å²) in [5.41, 5.74) is 5.03. The van der Waals surface area contributed by atoms with Crippen LogP contribution in [0, 0.1) is 5.82 Å². The smallest absolute Gasteiger partial charge is 0.449 e. The molecule has 0 saturated carbocycles. The number of nitrogens with zero attached hydrogens (tertiary/aromatic N) is 1. The van der Waals surface area contributed by atoms with Crippen molar-refractivity contribution in [1.29, 1.82) is 0 Å². The molecule has 0 unspecified atom stereocenters. The zero-order chi connectivity index (χ0) is 16.4. The van der Waals surface area contributed by atoms with Crippen molar-refractivity contribution < 1.29 is 23.4 Å². The highest BCUT2D eigenvalue weighted by Crippen LogP contribution is 2.35. The van der Waals surface area contributed by atoms with Gasteiger partial charge in [0.05, 0.1) is 11.4 Å². The number of benzene rings is 1. The monoisotopic (exact) mass is 348 g/mol. The van der Waals surface area contributed by atoms with Crippen LogP contribution in [-0.4, -0.2) is 16.2 Å². The molecule has 0 bridgehead atoms. The molecule has 0 fully saturated rings. The summed E-state index contributed by atoms with van der Waals surface area (Å²) in [5, 5.41) is 8.31. The zero-order valence-electron chi connectivity index (χ0n) is 10.7. The lowest BCUT2D eigenvalue weighted by molar-refractivity contribution is 0.142. The Kier molecular flexibility index (Phi) is 4.68. The molecule has 0 aliphatic heterocycles. The van der Waals surface area contributed by atoms with Crippen molar-refractivity contribution in [3.8, 4) is 17.1 Å². The van der Waals surface area contributed by atoms with E-state index < -0.39 is 24.5 Å². The van der Waals surface area contributed by atoms with Crippen molar-refractivity contribution in [3.05, 3.63) is 39.6 Å². The van der Waals surface area contributed by atoms with Crippen LogP contribution in [0.5, 0.6) is 5.88 Å². The number of halogens is 4. The van der Waals surface area contributed by atoms with Crippen molar-refractivity contribution in [2.45, 2.75) is 6.67 Å². The lowest BCUT2D eigenvalue weighted by Gasteiger charge is -2.11. The summed E-state index contributed by atoms with van der Waals surface area (Å²) in [4.78, 5) is 14.4. The number of rotatable bonds is 3. The molecule has 2 aromatic rings. The first-order valence-corrected chi connectivity index (χ1v) is 6.50. The van der Waals surface area contributed by atoms with Crippen molar-refractivity contribution in [3.63, 3.8) is 0 Å². The molecule has 1 aromatic heterocycles. The SMILES string of the molecule is Nc1cc(-c2ccc(Cl)c(CF)c2F)nc(OC(=O)O)c1Cl. The van der Waals surface area contributed by atoms with Gasteiger partial charge in [0.1, 0.15) is 17.5 Å². The van der Waals surface area contributed by atoms with Crippen LogP contribution in [0.2, 0.25) is 10.0 Å². The number of hydrogen-bond acceptors (Lipinski definition) is 4. The van der Waals surface area contributed by atoms with Gasteiger partial charge in [0.2, 0.25) is 5.88 Å². The fourth-order valence-electron chi connectivity index (χ4n) is 1.73. The molecule has 0 atom stereocenters. The molecule has 22 heavy (non-hydrogen) atoms. The molecule has 0 aliphatic rings. The Morgan fingerprint density at radius 1 is 1.41 bits per heavy atom. The lowest BCUT2D eigenvalue weighted by Crippen LogP contribution is -2.07. The molecule has 1 aromatic carbocycles. The molecular formula is C13H8Cl2F2N2O3. The normalized spacial score (nSPS) is 10.5. The molecule has 1 heterocycles. The van der Waals surface area contributed by atoms with Crippen molar-refractivity contribution in [1.82, 2.24) is 4.98 Å². The van der Waals surface area contributed by atoms with Crippen LogP contribution in [0.25, 0.3) is 11.3 Å². The molecule has 0 amide bonds. The molecule has 9 heteroatoms. The standard InChI is InChI=1S/C13H8Cl2F2N2O3/c14-7-2-1-5(11(17)6(7)4-16)9-3-8(18)10(15)12(19-9)22-13(20)21/h1-3H,4H2,(H2,18,19)(H,20,21). The maximum atomic E-state index is 14.3. The fraction of sp³-hybridized carbons (Fsp3) is 0.0769. The molecule has 5 nitrogen and oxygen atoms in total. The maximum absolute atomic E-state index is 14.3. The van der Waals surface area contributed by atoms with E-state index in [-0.39, 0.29) is 32.6 Å². The number of hydrogen-bond donors (Lipinski definition) is 2. The van der Waals surface area contributed by atoms with Crippen LogP contribution in [0.15, 0.2) is 18.2 Å². The van der Waals surface area contributed by atoms with Gasteiger partial charge < -0.3 is 15.6 Å². The van der Waals surface area contributed by atoms with Gasteiger partial charge in [-0.2, -0.15) is 0 Å². The highest BCUT2D eigenvalue weighted by Gasteiger charge is 2.19. The van der Waals surface area contributed by atoms with Gasteiger partial charge in [-0.15, -0.1) is 0 Å². The summed E-state index contributed by atoms with van der Waals surface area (Å²) in [6, 6.07) is 3.77. The highest BCUT2D eigenvalue weighted by atomic mass is 35.5. The van der Waals surface area contributed by atoms with Gasteiger partial charge in [-0.1, -0.05) is 23.2 Å². The number of nitrogen functional groups attached to an aromatic ring is 1. The highest BCUT2D eigenvalue weighted by molar-refractivity contribution is 6.34. The van der Waals surface area contributed by atoms with E-state index in [0.717, 1.165) is 0 Å². The number of pyridine rings is 1. The van der Waals surface area contributed by atoms with E-state index in [1.165, 1.54) is 18.2 Å². The summed E-state index contributed by atoms with van der Waals surface area (Å²) in [5.74, 6) is -1.43. The molecule has 0 aliphatic carbocycles. The quantitative estimate of drug-likeness (QED) is 0.807. The molecule has 0 radical (unpaired) electrons. The van der Waals surface area contributed by atoms with E-state index in [4.69, 9.17) is 34.0 Å². The fourth-order valence-corrected chi connectivity index (χ4v) is 2.06. The first kappa shape index (κ1) is 16.3. The molecule has 116 valence electrons. The van der Waals surface area contributed by atoms with Gasteiger partial charge in [-0.05, 0) is 18.2 Å². The Bertz CT molecular complexity index is 757. The van der Waals surface area contributed by atoms with Gasteiger partial charge >= 0.3 is 6.16 Å². The first-order valence-electron chi connectivity index (χ1n) is 5.75. The van der Waals surface area contributed by atoms with Gasteiger partial charge in [-0.3, -0.25) is 0 Å². The Hall–Kier alpha value is -2.12. The average molecular weight is 349 g/mol. The Morgan fingerprint density at radius 3 is 2.68 bits per heavy atom. The van der Waals surface area contributed by atoms with E-state index in [0.29, 0.717) is 0 Å². The van der Waals surface area contributed by atoms with Crippen LogP contribution >= 0.6 is 23.2 Å². The number of nitrogens with two attached hydrogens (primary N) is 1. The average Bonchev–Trinajstić information content (AvgIpc) is 2.44. The third-order valence-corrected chi connectivity index (χ3v) is 3.47.